The Morgan fingerprint density at radius 3 is 2.70 bits per heavy atom. The Morgan fingerprint density at radius 1 is 1.41 bits per heavy atom. The number of hydrogen-bond donors (Lipinski definition) is 0. The maximum Gasteiger partial charge on any atom is 0.336 e. The molecule has 144 valence electrons. The molecule has 0 spiro atoms. The zero-order chi connectivity index (χ0) is 20.1. The second kappa shape index (κ2) is 8.68. The van der Waals surface area contributed by atoms with E-state index in [-0.39, 0.29) is 17.2 Å². The summed E-state index contributed by atoms with van der Waals surface area (Å²) in [5.74, 6) is -0.188. The molecule has 0 atom stereocenters. The average Bonchev–Trinajstić information content (AvgIpc) is 2.85. The molecule has 0 saturated heterocycles. The minimum absolute atomic E-state index is 0.0420. The van der Waals surface area contributed by atoms with Gasteiger partial charge in [-0.15, -0.1) is 0 Å². The van der Waals surface area contributed by atoms with Crippen LogP contribution in [0.2, 0.25) is 5.15 Å². The van der Waals surface area contributed by atoms with Crippen LogP contribution in [-0.2, 0) is 11.3 Å². The second-order valence-electron chi connectivity index (χ2n) is 6.21. The Labute approximate surface area is 161 Å². The van der Waals surface area contributed by atoms with E-state index in [1.165, 1.54) is 31.4 Å². The largest absolute Gasteiger partial charge is 0.493 e. The fourth-order valence-corrected chi connectivity index (χ4v) is 2.68. The van der Waals surface area contributed by atoms with Crippen molar-refractivity contribution in [2.45, 2.75) is 27.3 Å². The molecule has 2 aromatic rings. The van der Waals surface area contributed by atoms with E-state index in [0.29, 0.717) is 28.9 Å². The number of carbonyl (C=O) groups is 1. The number of halogens is 1. The van der Waals surface area contributed by atoms with Crippen LogP contribution < -0.4 is 9.47 Å². The first-order valence-corrected chi connectivity index (χ1v) is 8.56. The highest BCUT2D eigenvalue weighted by atomic mass is 35.5. The van der Waals surface area contributed by atoms with Crippen LogP contribution in [0.15, 0.2) is 24.3 Å². The number of rotatable bonds is 7. The lowest BCUT2D eigenvalue weighted by Gasteiger charge is -2.07. The maximum atomic E-state index is 12.1. The topological polar surface area (TPSA) is 96.5 Å². The highest BCUT2D eigenvalue weighted by Gasteiger charge is 2.16. The van der Waals surface area contributed by atoms with Gasteiger partial charge in [0, 0.05) is 24.3 Å². The first kappa shape index (κ1) is 20.4. The Morgan fingerprint density at radius 2 is 2.11 bits per heavy atom. The molecule has 0 aliphatic carbocycles. The summed E-state index contributed by atoms with van der Waals surface area (Å²) in [6, 6.07) is 3.75. The monoisotopic (exact) mass is 393 g/mol. The van der Waals surface area contributed by atoms with E-state index in [0.717, 1.165) is 6.07 Å². The van der Waals surface area contributed by atoms with Crippen molar-refractivity contribution >= 4 is 29.3 Å². The van der Waals surface area contributed by atoms with Crippen LogP contribution in [0.25, 0.3) is 6.08 Å². The second-order valence-corrected chi connectivity index (χ2v) is 6.57. The number of aryl methyl sites for hydroxylation is 1. The third-order valence-electron chi connectivity index (χ3n) is 3.60. The zero-order valence-electron chi connectivity index (χ0n) is 15.4. The summed E-state index contributed by atoms with van der Waals surface area (Å²) < 4.78 is 11.9. The van der Waals surface area contributed by atoms with Crippen LogP contribution >= 0.6 is 11.6 Å². The normalized spacial score (nSPS) is 11.2. The lowest BCUT2D eigenvalue weighted by molar-refractivity contribution is -0.384. The van der Waals surface area contributed by atoms with Gasteiger partial charge in [-0.3, -0.25) is 14.8 Å². The number of benzene rings is 1. The van der Waals surface area contributed by atoms with Crippen LogP contribution in [0, 0.1) is 23.0 Å². The summed E-state index contributed by atoms with van der Waals surface area (Å²) in [7, 11) is 1.38. The summed E-state index contributed by atoms with van der Waals surface area (Å²) in [5.41, 5.74) is 1.08. The molecule has 0 bridgehead atoms. The number of nitrogens with zero attached hydrogens (tertiary/aromatic N) is 3. The van der Waals surface area contributed by atoms with Gasteiger partial charge in [0.05, 0.1) is 23.8 Å². The first-order valence-electron chi connectivity index (χ1n) is 8.18. The zero-order valence-corrected chi connectivity index (χ0v) is 16.2. The number of carbonyl (C=O) groups excluding carboxylic acids is 1. The molecule has 1 aromatic heterocycles. The smallest absolute Gasteiger partial charge is 0.336 e. The number of esters is 1. The van der Waals surface area contributed by atoms with Crippen LogP contribution in [0.5, 0.6) is 11.5 Å². The van der Waals surface area contributed by atoms with Crippen molar-refractivity contribution in [3.63, 3.8) is 0 Å². The third kappa shape index (κ3) is 5.07. The molecule has 1 aromatic carbocycles. The highest BCUT2D eigenvalue weighted by molar-refractivity contribution is 6.31. The molecule has 0 aliphatic heterocycles. The van der Waals surface area contributed by atoms with E-state index in [9.17, 15) is 14.9 Å². The van der Waals surface area contributed by atoms with E-state index >= 15 is 0 Å². The summed E-state index contributed by atoms with van der Waals surface area (Å²) in [4.78, 5) is 22.4. The standard InChI is InChI=1S/C18H20ClN3O5/c1-11(2)10-21-18(19)14(12(3)20-21)6-8-17(23)27-16-9-13(22(24)25)5-7-15(16)26-4/h5-9,11H,10H2,1-4H3. The lowest BCUT2D eigenvalue weighted by atomic mass is 10.2. The van der Waals surface area contributed by atoms with Gasteiger partial charge in [0.25, 0.3) is 5.69 Å². The van der Waals surface area contributed by atoms with Crippen molar-refractivity contribution in [1.82, 2.24) is 9.78 Å². The number of aromatic nitrogens is 2. The molecule has 0 amide bonds. The first-order chi connectivity index (χ1) is 12.7. The number of nitro benzene ring substituents is 1. The van der Waals surface area contributed by atoms with Gasteiger partial charge in [-0.25, -0.2) is 4.79 Å². The van der Waals surface area contributed by atoms with E-state index in [2.05, 4.69) is 5.10 Å². The van der Waals surface area contributed by atoms with Crippen molar-refractivity contribution < 1.29 is 19.2 Å². The number of hydrogen-bond acceptors (Lipinski definition) is 6. The summed E-state index contributed by atoms with van der Waals surface area (Å²) in [6.45, 7) is 6.54. The van der Waals surface area contributed by atoms with E-state index in [1.807, 2.05) is 13.8 Å². The minimum Gasteiger partial charge on any atom is -0.493 e. The molecule has 0 fully saturated rings. The van der Waals surface area contributed by atoms with E-state index in [1.54, 1.807) is 11.6 Å². The van der Waals surface area contributed by atoms with E-state index in [4.69, 9.17) is 21.1 Å². The number of non-ortho nitro benzene ring substituents is 1. The molecule has 9 heteroatoms. The summed E-state index contributed by atoms with van der Waals surface area (Å²) >= 11 is 6.32. The van der Waals surface area contributed by atoms with Crippen molar-refractivity contribution in [2.24, 2.45) is 5.92 Å². The molecule has 0 unspecified atom stereocenters. The number of ether oxygens (including phenoxy) is 2. The quantitative estimate of drug-likeness (QED) is 0.231. The highest BCUT2D eigenvalue weighted by Crippen LogP contribution is 2.31. The molecule has 27 heavy (non-hydrogen) atoms. The van der Waals surface area contributed by atoms with Crippen molar-refractivity contribution in [1.29, 1.82) is 0 Å². The fraction of sp³-hybridized carbons (Fsp3) is 0.333. The maximum absolute atomic E-state index is 12.1. The lowest BCUT2D eigenvalue weighted by Crippen LogP contribution is -2.06. The van der Waals surface area contributed by atoms with Crippen molar-refractivity contribution in [3.05, 3.63) is 50.8 Å². The third-order valence-corrected chi connectivity index (χ3v) is 4.00. The molecule has 2 rings (SSSR count). The van der Waals surface area contributed by atoms with Gasteiger partial charge < -0.3 is 9.47 Å². The summed E-state index contributed by atoms with van der Waals surface area (Å²) in [5, 5.41) is 15.7. The number of nitro groups is 1. The van der Waals surface area contributed by atoms with Crippen LogP contribution in [-0.4, -0.2) is 27.8 Å². The van der Waals surface area contributed by atoms with Crippen LogP contribution in [0.1, 0.15) is 25.1 Å². The Balaban J connectivity index is 2.20. The molecular weight excluding hydrogens is 374 g/mol. The molecule has 8 nitrogen and oxygen atoms in total. The fourth-order valence-electron chi connectivity index (χ4n) is 2.38. The van der Waals surface area contributed by atoms with Crippen LogP contribution in [0.4, 0.5) is 5.69 Å². The predicted molar refractivity (Wildman–Crippen MR) is 101 cm³/mol. The molecule has 1 heterocycles. The molecule has 0 saturated carbocycles. The molecule has 0 aliphatic rings. The number of methoxy groups -OCH3 is 1. The minimum atomic E-state index is -0.721. The van der Waals surface area contributed by atoms with Crippen molar-refractivity contribution in [2.75, 3.05) is 7.11 Å². The Kier molecular flexibility index (Phi) is 6.57. The molecular formula is C18H20ClN3O5. The van der Waals surface area contributed by atoms with Gasteiger partial charge in [-0.1, -0.05) is 25.4 Å². The molecule has 0 N–H and O–H groups in total. The van der Waals surface area contributed by atoms with Crippen molar-refractivity contribution in [3.8, 4) is 11.5 Å². The van der Waals surface area contributed by atoms with Gasteiger partial charge >= 0.3 is 5.97 Å². The SMILES string of the molecule is COc1ccc([N+](=O)[O-])cc1OC(=O)C=Cc1c(C)nn(CC(C)C)c1Cl. The average molecular weight is 394 g/mol. The Bertz CT molecular complexity index is 889. The molecule has 0 radical (unpaired) electrons. The summed E-state index contributed by atoms with van der Waals surface area (Å²) in [6.07, 6.45) is 2.70. The Hall–Kier alpha value is -2.87. The van der Waals surface area contributed by atoms with Gasteiger partial charge in [-0.2, -0.15) is 5.10 Å². The van der Waals surface area contributed by atoms with Gasteiger partial charge in [0.2, 0.25) is 0 Å². The van der Waals surface area contributed by atoms with E-state index < -0.39 is 10.9 Å². The van der Waals surface area contributed by atoms with Gasteiger partial charge in [-0.05, 0) is 25.0 Å². The van der Waals surface area contributed by atoms with Crippen LogP contribution in [0.3, 0.4) is 0 Å². The van der Waals surface area contributed by atoms with Gasteiger partial charge in [0.15, 0.2) is 11.5 Å². The van der Waals surface area contributed by atoms with Gasteiger partial charge in [0.1, 0.15) is 5.15 Å². The predicted octanol–water partition coefficient (Wildman–Crippen LogP) is 4.04.